The average Bonchev–Trinajstić information content (AvgIpc) is 3.29. The fraction of sp³-hybridized carbons (Fsp3) is 0.412. The first-order valence-electron chi connectivity index (χ1n) is 8.70. The Morgan fingerprint density at radius 3 is 3.00 bits per heavy atom. The van der Waals surface area contributed by atoms with Gasteiger partial charge in [0.1, 0.15) is 17.0 Å². The molecule has 0 radical (unpaired) electrons. The lowest BCUT2D eigenvalue weighted by Crippen LogP contribution is -2.44. The SMILES string of the molecule is COC(=O)c1cc(N2CCOC[C@H]2C)nc2c(-c3cc(C)nn3PI)nsc12. The highest BCUT2D eigenvalue weighted by molar-refractivity contribution is 14.2. The molecule has 0 amide bonds. The number of fused-ring (bicyclic) bond motifs is 1. The summed E-state index contributed by atoms with van der Waals surface area (Å²) >= 11 is 3.56. The summed E-state index contributed by atoms with van der Waals surface area (Å²) in [4.78, 5) is 19.6. The second-order valence-electron chi connectivity index (χ2n) is 6.51. The largest absolute Gasteiger partial charge is 0.465 e. The van der Waals surface area contributed by atoms with Crippen LogP contribution in [0.4, 0.5) is 5.82 Å². The number of methoxy groups -OCH3 is 1. The van der Waals surface area contributed by atoms with Crippen molar-refractivity contribution in [1.82, 2.24) is 18.9 Å². The van der Waals surface area contributed by atoms with Crippen LogP contribution in [0.15, 0.2) is 12.1 Å². The van der Waals surface area contributed by atoms with E-state index in [-0.39, 0.29) is 12.0 Å². The van der Waals surface area contributed by atoms with Crippen molar-refractivity contribution in [2.24, 2.45) is 0 Å². The Labute approximate surface area is 181 Å². The summed E-state index contributed by atoms with van der Waals surface area (Å²) in [5.74, 6) is 0.357. The summed E-state index contributed by atoms with van der Waals surface area (Å²) in [5, 5.41) is 4.53. The normalized spacial score (nSPS) is 17.7. The van der Waals surface area contributed by atoms with Crippen LogP contribution in [0.5, 0.6) is 0 Å². The van der Waals surface area contributed by atoms with Gasteiger partial charge in [0.25, 0.3) is 0 Å². The van der Waals surface area contributed by atoms with Crippen molar-refractivity contribution in [3.63, 3.8) is 0 Å². The van der Waals surface area contributed by atoms with Gasteiger partial charge < -0.3 is 14.4 Å². The Bertz CT molecular complexity index is 1040. The quantitative estimate of drug-likeness (QED) is 0.289. The topological polar surface area (TPSA) is 82.4 Å². The highest BCUT2D eigenvalue weighted by Crippen LogP contribution is 2.38. The zero-order valence-electron chi connectivity index (χ0n) is 15.6. The molecule has 2 atom stereocenters. The first-order chi connectivity index (χ1) is 13.5. The van der Waals surface area contributed by atoms with Crippen LogP contribution in [0, 0.1) is 6.92 Å². The van der Waals surface area contributed by atoms with E-state index in [2.05, 4.69) is 43.3 Å². The van der Waals surface area contributed by atoms with E-state index in [0.29, 0.717) is 30.7 Å². The van der Waals surface area contributed by atoms with Gasteiger partial charge in [0, 0.05) is 6.54 Å². The number of ether oxygens (including phenoxy) is 2. The van der Waals surface area contributed by atoms with Crippen molar-refractivity contribution in [2.45, 2.75) is 19.9 Å². The van der Waals surface area contributed by atoms with Crippen LogP contribution in [0.2, 0.25) is 0 Å². The predicted octanol–water partition coefficient (Wildman–Crippen LogP) is 3.67. The standard InChI is InChI=1S/C17H19IN5O3PS/c1-9-6-12(23(20-9)27-18)14-15-16(28-21-14)11(17(24)25-3)7-13(19-15)22-4-5-26-8-10(22)2/h6-7,10,27H,4-5,8H2,1-3H3/t10-/m1/s1. The number of rotatable bonds is 4. The Morgan fingerprint density at radius 2 is 2.29 bits per heavy atom. The second kappa shape index (κ2) is 8.17. The number of nitrogens with zero attached hydrogens (tertiary/aromatic N) is 5. The predicted molar refractivity (Wildman–Crippen MR) is 120 cm³/mol. The first kappa shape index (κ1) is 19.9. The van der Waals surface area contributed by atoms with Crippen molar-refractivity contribution in [2.75, 3.05) is 31.8 Å². The van der Waals surface area contributed by atoms with Crippen molar-refractivity contribution in [3.05, 3.63) is 23.4 Å². The van der Waals surface area contributed by atoms with Gasteiger partial charge >= 0.3 is 5.97 Å². The third kappa shape index (κ3) is 3.51. The zero-order chi connectivity index (χ0) is 19.8. The highest BCUT2D eigenvalue weighted by atomic mass is 127. The molecule has 28 heavy (non-hydrogen) atoms. The smallest absolute Gasteiger partial charge is 0.339 e. The average molecular weight is 531 g/mol. The molecule has 0 spiro atoms. The summed E-state index contributed by atoms with van der Waals surface area (Å²) in [6.45, 7) is 6.03. The van der Waals surface area contributed by atoms with E-state index in [1.54, 1.807) is 6.07 Å². The number of aromatic nitrogens is 4. The molecule has 1 saturated heterocycles. The lowest BCUT2D eigenvalue weighted by molar-refractivity contribution is 0.0603. The van der Waals surface area contributed by atoms with Crippen LogP contribution < -0.4 is 4.90 Å². The van der Waals surface area contributed by atoms with E-state index >= 15 is 0 Å². The number of carbonyl (C=O) groups is 1. The van der Waals surface area contributed by atoms with Crippen LogP contribution in [-0.4, -0.2) is 57.8 Å². The molecule has 0 bridgehead atoms. The Hall–Kier alpha value is -1.36. The zero-order valence-corrected chi connectivity index (χ0v) is 19.6. The van der Waals surface area contributed by atoms with E-state index in [4.69, 9.17) is 14.5 Å². The van der Waals surface area contributed by atoms with Gasteiger partial charge in [-0.25, -0.2) is 14.2 Å². The number of hydrogen-bond acceptors (Lipinski definition) is 8. The number of hydrogen-bond donors (Lipinski definition) is 0. The summed E-state index contributed by atoms with van der Waals surface area (Å²) in [7, 11) is 1.39. The maximum absolute atomic E-state index is 12.5. The molecule has 0 saturated carbocycles. The molecule has 1 fully saturated rings. The third-order valence-electron chi connectivity index (χ3n) is 4.63. The van der Waals surface area contributed by atoms with Gasteiger partial charge in [-0.1, -0.05) is 0 Å². The molecular weight excluding hydrogens is 512 g/mol. The molecule has 1 aliphatic heterocycles. The molecular formula is C17H19IN5O3PS. The first-order valence-corrected chi connectivity index (χ1v) is 13.5. The van der Waals surface area contributed by atoms with Gasteiger partial charge in [-0.05, 0) is 59.6 Å². The van der Waals surface area contributed by atoms with Crippen LogP contribution in [0.3, 0.4) is 0 Å². The Kier molecular flexibility index (Phi) is 5.82. The Balaban J connectivity index is 1.93. The molecule has 1 unspecified atom stereocenters. The second-order valence-corrected chi connectivity index (χ2v) is 9.33. The summed E-state index contributed by atoms with van der Waals surface area (Å²) in [6, 6.07) is 3.98. The lowest BCUT2D eigenvalue weighted by Gasteiger charge is -2.34. The van der Waals surface area contributed by atoms with E-state index in [0.717, 1.165) is 34.1 Å². The van der Waals surface area contributed by atoms with Crippen molar-refractivity contribution >= 4 is 62.0 Å². The van der Waals surface area contributed by atoms with Crippen LogP contribution in [0.25, 0.3) is 21.6 Å². The number of pyridine rings is 1. The number of aryl methyl sites for hydroxylation is 1. The Morgan fingerprint density at radius 1 is 1.46 bits per heavy atom. The molecule has 11 heteroatoms. The van der Waals surface area contributed by atoms with E-state index in [1.807, 2.05) is 17.4 Å². The molecule has 3 aromatic heterocycles. The van der Waals surface area contributed by atoms with Crippen molar-refractivity contribution in [3.8, 4) is 11.4 Å². The summed E-state index contributed by atoms with van der Waals surface area (Å²) in [6.07, 6.45) is 0.443. The maximum Gasteiger partial charge on any atom is 0.339 e. The molecule has 148 valence electrons. The molecule has 8 nitrogen and oxygen atoms in total. The summed E-state index contributed by atoms with van der Waals surface area (Å²) < 4.78 is 17.9. The van der Waals surface area contributed by atoms with E-state index in [9.17, 15) is 4.79 Å². The molecule has 0 N–H and O–H groups in total. The van der Waals surface area contributed by atoms with E-state index < -0.39 is 0 Å². The molecule has 4 rings (SSSR count). The van der Waals surface area contributed by atoms with Gasteiger partial charge in [-0.3, -0.25) is 0 Å². The third-order valence-corrected chi connectivity index (χ3v) is 7.38. The number of halogens is 1. The number of esters is 1. The van der Waals surface area contributed by atoms with Gasteiger partial charge in [0.2, 0.25) is 0 Å². The van der Waals surface area contributed by atoms with Crippen LogP contribution in [0.1, 0.15) is 23.0 Å². The molecule has 1 aliphatic rings. The fourth-order valence-electron chi connectivity index (χ4n) is 3.28. The van der Waals surface area contributed by atoms with Crippen LogP contribution >= 0.6 is 39.9 Å². The minimum atomic E-state index is -0.384. The van der Waals surface area contributed by atoms with Crippen molar-refractivity contribution in [1.29, 1.82) is 0 Å². The molecule has 3 aromatic rings. The van der Waals surface area contributed by atoms with Gasteiger partial charge in [0.15, 0.2) is 0 Å². The monoisotopic (exact) mass is 531 g/mol. The molecule has 4 heterocycles. The maximum atomic E-state index is 12.5. The van der Waals surface area contributed by atoms with Gasteiger partial charge in [-0.15, -0.1) is 0 Å². The van der Waals surface area contributed by atoms with Gasteiger partial charge in [-0.2, -0.15) is 9.47 Å². The van der Waals surface area contributed by atoms with Crippen molar-refractivity contribution < 1.29 is 14.3 Å². The van der Waals surface area contributed by atoms with Gasteiger partial charge in [0.05, 0.1) is 54.4 Å². The van der Waals surface area contributed by atoms with Crippen LogP contribution in [-0.2, 0) is 9.47 Å². The molecule has 0 aromatic carbocycles. The summed E-state index contributed by atoms with van der Waals surface area (Å²) in [5.41, 5.74) is 3.78. The molecule has 0 aliphatic carbocycles. The fourth-order valence-corrected chi connectivity index (χ4v) is 5.68. The highest BCUT2D eigenvalue weighted by Gasteiger charge is 2.26. The number of anilines is 1. The number of morpholine rings is 1. The minimum absolute atomic E-state index is 0.169. The number of carbonyl (C=O) groups excluding carboxylic acids is 1. The lowest BCUT2D eigenvalue weighted by atomic mass is 10.1. The van der Waals surface area contributed by atoms with E-state index in [1.165, 1.54) is 18.6 Å². The minimum Gasteiger partial charge on any atom is -0.465 e.